The van der Waals surface area contributed by atoms with Gasteiger partial charge in [0.2, 0.25) is 0 Å². The number of aromatic nitrogens is 2. The molecule has 0 aliphatic carbocycles. The molecule has 110 valence electrons. The van der Waals surface area contributed by atoms with Crippen LogP contribution < -0.4 is 0 Å². The lowest BCUT2D eigenvalue weighted by molar-refractivity contribution is 1.31. The third-order valence-corrected chi connectivity index (χ3v) is 5.56. The molecule has 0 spiro atoms. The van der Waals surface area contributed by atoms with Gasteiger partial charge in [0.15, 0.2) is 0 Å². The van der Waals surface area contributed by atoms with Gasteiger partial charge in [-0.15, -0.1) is 29.3 Å². The van der Waals surface area contributed by atoms with Gasteiger partial charge in [-0.05, 0) is 47.0 Å². The van der Waals surface area contributed by atoms with Crippen LogP contribution in [0.1, 0.15) is 5.56 Å². The number of hydrogen-bond donors (Lipinski definition) is 0. The third kappa shape index (κ3) is 3.68. The molecular formula is C17H14N2S3. The highest BCUT2D eigenvalue weighted by molar-refractivity contribution is 7.20. The van der Waals surface area contributed by atoms with Crippen LogP contribution in [-0.2, 0) is 6.42 Å². The first-order chi connectivity index (χ1) is 10.9. The van der Waals surface area contributed by atoms with Crippen molar-refractivity contribution in [2.24, 2.45) is 0 Å². The van der Waals surface area contributed by atoms with Gasteiger partial charge in [0.25, 0.3) is 0 Å². The molecule has 0 saturated heterocycles. The lowest BCUT2D eigenvalue weighted by atomic mass is 10.2. The van der Waals surface area contributed by atoms with E-state index in [-0.39, 0.29) is 0 Å². The molecule has 2 nitrogen and oxygen atoms in total. The minimum atomic E-state index is 0.974. The second-order valence-corrected chi connectivity index (χ2v) is 6.93. The Bertz CT molecular complexity index is 813. The molecule has 4 aromatic rings. The summed E-state index contributed by atoms with van der Waals surface area (Å²) >= 11 is 4.85. The third-order valence-electron chi connectivity index (χ3n) is 2.96. The standard InChI is InChI=1S/C11H10S2.C6H4N2S/c1-2-4-9-7-11(13-8-9)10-5-3-6-12-10;1-2-4-6-5(3-1)7-9-8-6/h2-3,5-8H,1,4H2;1-4H. The smallest absolute Gasteiger partial charge is 0.104 e. The Balaban J connectivity index is 0.000000139. The number of thiophene rings is 2. The summed E-state index contributed by atoms with van der Waals surface area (Å²) in [5.41, 5.74) is 3.34. The van der Waals surface area contributed by atoms with Gasteiger partial charge < -0.3 is 0 Å². The fraction of sp³-hybridized carbons (Fsp3) is 0.0588. The summed E-state index contributed by atoms with van der Waals surface area (Å²) in [5, 5.41) is 4.32. The molecular weight excluding hydrogens is 328 g/mol. The van der Waals surface area contributed by atoms with Crippen molar-refractivity contribution in [3.63, 3.8) is 0 Å². The Morgan fingerprint density at radius 2 is 1.73 bits per heavy atom. The van der Waals surface area contributed by atoms with Crippen LogP contribution >= 0.6 is 34.4 Å². The summed E-state index contributed by atoms with van der Waals surface area (Å²) in [6, 6.07) is 14.3. The molecule has 0 radical (unpaired) electrons. The van der Waals surface area contributed by atoms with Gasteiger partial charge in [-0.25, -0.2) is 0 Å². The van der Waals surface area contributed by atoms with E-state index in [4.69, 9.17) is 0 Å². The highest BCUT2D eigenvalue weighted by Gasteiger charge is 2.01. The maximum absolute atomic E-state index is 4.05. The summed E-state index contributed by atoms with van der Waals surface area (Å²) in [6.07, 6.45) is 2.92. The summed E-state index contributed by atoms with van der Waals surface area (Å²) in [6.45, 7) is 3.74. The molecule has 4 rings (SSSR count). The van der Waals surface area contributed by atoms with Crippen molar-refractivity contribution >= 4 is 45.4 Å². The van der Waals surface area contributed by atoms with Gasteiger partial charge in [0, 0.05) is 9.75 Å². The molecule has 0 bridgehead atoms. The summed E-state index contributed by atoms with van der Waals surface area (Å²) in [5.74, 6) is 0. The van der Waals surface area contributed by atoms with E-state index in [0.717, 1.165) is 17.5 Å². The molecule has 0 fully saturated rings. The van der Waals surface area contributed by atoms with Crippen molar-refractivity contribution in [1.29, 1.82) is 0 Å². The largest absolute Gasteiger partial charge is 0.173 e. The summed E-state index contributed by atoms with van der Waals surface area (Å²) in [4.78, 5) is 2.73. The highest BCUT2D eigenvalue weighted by Crippen LogP contribution is 2.30. The topological polar surface area (TPSA) is 25.8 Å². The fourth-order valence-corrected chi connectivity index (χ4v) is 4.22. The maximum atomic E-state index is 4.05. The summed E-state index contributed by atoms with van der Waals surface area (Å²) < 4.78 is 8.10. The van der Waals surface area contributed by atoms with E-state index in [1.54, 1.807) is 11.3 Å². The molecule has 0 saturated carbocycles. The Labute approximate surface area is 141 Å². The van der Waals surface area contributed by atoms with Crippen molar-refractivity contribution in [1.82, 2.24) is 8.75 Å². The van der Waals surface area contributed by atoms with Crippen LogP contribution in [0, 0.1) is 0 Å². The molecule has 0 aliphatic heterocycles. The van der Waals surface area contributed by atoms with Gasteiger partial charge >= 0.3 is 0 Å². The first kappa shape index (κ1) is 15.1. The molecule has 0 atom stereocenters. The monoisotopic (exact) mass is 342 g/mol. The molecule has 0 aliphatic rings. The summed E-state index contributed by atoms with van der Waals surface area (Å²) in [7, 11) is 0. The fourth-order valence-electron chi connectivity index (χ4n) is 1.92. The molecule has 5 heteroatoms. The van der Waals surface area contributed by atoms with Crippen LogP contribution in [0.15, 0.2) is 65.9 Å². The van der Waals surface area contributed by atoms with Crippen molar-refractivity contribution in [3.05, 3.63) is 71.4 Å². The number of rotatable bonds is 3. The molecule has 3 aromatic heterocycles. The van der Waals surface area contributed by atoms with Crippen molar-refractivity contribution in [2.45, 2.75) is 6.42 Å². The predicted octanol–water partition coefficient (Wildman–Crippen LogP) is 5.90. The SMILES string of the molecule is C=CCc1csc(-c2cccs2)c1.c1ccc2nsnc2c1. The number of nitrogens with zero attached hydrogens (tertiary/aromatic N) is 2. The number of hydrogen-bond acceptors (Lipinski definition) is 5. The average Bonchev–Trinajstić information content (AvgIpc) is 3.29. The lowest BCUT2D eigenvalue weighted by Crippen LogP contribution is -1.71. The van der Waals surface area contributed by atoms with Crippen molar-refractivity contribution < 1.29 is 0 Å². The average molecular weight is 343 g/mol. The lowest BCUT2D eigenvalue weighted by Gasteiger charge is -1.87. The Morgan fingerprint density at radius 3 is 2.36 bits per heavy atom. The first-order valence-corrected chi connectivity index (χ1v) is 9.25. The van der Waals surface area contributed by atoms with Gasteiger partial charge in [-0.1, -0.05) is 24.3 Å². The van der Waals surface area contributed by atoms with E-state index in [2.05, 4.69) is 44.3 Å². The number of fused-ring (bicyclic) bond motifs is 1. The van der Waals surface area contributed by atoms with Crippen LogP contribution in [0.3, 0.4) is 0 Å². The van der Waals surface area contributed by atoms with Crippen molar-refractivity contribution in [3.8, 4) is 9.75 Å². The molecule has 1 aromatic carbocycles. The highest BCUT2D eigenvalue weighted by atomic mass is 32.1. The predicted molar refractivity (Wildman–Crippen MR) is 98.9 cm³/mol. The Kier molecular flexibility index (Phi) is 5.11. The zero-order valence-electron chi connectivity index (χ0n) is 11.8. The van der Waals surface area contributed by atoms with E-state index < -0.39 is 0 Å². The van der Waals surface area contributed by atoms with Crippen LogP contribution in [0.25, 0.3) is 20.8 Å². The number of allylic oxidation sites excluding steroid dienone is 1. The van der Waals surface area contributed by atoms with Crippen LogP contribution in [0.4, 0.5) is 0 Å². The quantitative estimate of drug-likeness (QED) is 0.433. The van der Waals surface area contributed by atoms with E-state index >= 15 is 0 Å². The Morgan fingerprint density at radius 1 is 0.955 bits per heavy atom. The van der Waals surface area contributed by atoms with E-state index in [1.165, 1.54) is 27.0 Å². The van der Waals surface area contributed by atoms with Crippen LogP contribution in [-0.4, -0.2) is 8.75 Å². The van der Waals surface area contributed by atoms with E-state index in [1.807, 2.05) is 41.7 Å². The van der Waals surface area contributed by atoms with Crippen molar-refractivity contribution in [2.75, 3.05) is 0 Å². The van der Waals surface area contributed by atoms with Gasteiger partial charge in [0.1, 0.15) is 11.0 Å². The number of benzene rings is 1. The Hall–Kier alpha value is -1.82. The van der Waals surface area contributed by atoms with E-state index in [9.17, 15) is 0 Å². The molecule has 3 heterocycles. The van der Waals surface area contributed by atoms with E-state index in [0.29, 0.717) is 0 Å². The molecule has 0 N–H and O–H groups in total. The first-order valence-electron chi connectivity index (χ1n) is 6.76. The normalized spacial score (nSPS) is 10.2. The van der Waals surface area contributed by atoms with Crippen LogP contribution in [0.5, 0.6) is 0 Å². The van der Waals surface area contributed by atoms with Gasteiger partial charge in [0.05, 0.1) is 11.7 Å². The zero-order chi connectivity index (χ0) is 15.2. The minimum Gasteiger partial charge on any atom is -0.173 e. The maximum Gasteiger partial charge on any atom is 0.104 e. The molecule has 0 amide bonds. The molecule has 22 heavy (non-hydrogen) atoms. The van der Waals surface area contributed by atoms with Crippen LogP contribution in [0.2, 0.25) is 0 Å². The minimum absolute atomic E-state index is 0.974. The second kappa shape index (κ2) is 7.45. The second-order valence-electron chi connectivity index (χ2n) is 4.54. The zero-order valence-corrected chi connectivity index (χ0v) is 14.3. The van der Waals surface area contributed by atoms with Gasteiger partial charge in [-0.2, -0.15) is 8.75 Å². The molecule has 0 unspecified atom stereocenters. The van der Waals surface area contributed by atoms with Gasteiger partial charge in [-0.3, -0.25) is 0 Å².